The minimum atomic E-state index is -0.642. The van der Waals surface area contributed by atoms with Gasteiger partial charge in [0.05, 0.1) is 17.4 Å². The van der Waals surface area contributed by atoms with Crippen molar-refractivity contribution in [2.75, 3.05) is 20.1 Å². The summed E-state index contributed by atoms with van der Waals surface area (Å²) in [6.45, 7) is 1.01. The van der Waals surface area contributed by atoms with Crippen molar-refractivity contribution in [3.8, 4) is 0 Å². The van der Waals surface area contributed by atoms with Crippen LogP contribution in [-0.2, 0) is 0 Å². The number of nitro benzene ring substituents is 1. The fraction of sp³-hybridized carbons (Fsp3) is 0.455. The van der Waals surface area contributed by atoms with Gasteiger partial charge in [-0.05, 0) is 12.6 Å². The van der Waals surface area contributed by atoms with Gasteiger partial charge in [-0.25, -0.2) is 0 Å². The van der Waals surface area contributed by atoms with Crippen LogP contribution in [-0.4, -0.2) is 40.9 Å². The Morgan fingerprint density at radius 2 is 1.78 bits per heavy atom. The first-order valence-corrected chi connectivity index (χ1v) is 5.55. The molecule has 0 N–H and O–H groups in total. The van der Waals surface area contributed by atoms with E-state index in [9.17, 15) is 20.2 Å². The molecule has 0 radical (unpaired) electrons. The molecule has 1 saturated heterocycles. The quantitative estimate of drug-likeness (QED) is 0.596. The van der Waals surface area contributed by atoms with Crippen LogP contribution in [0.2, 0.25) is 0 Å². The van der Waals surface area contributed by atoms with Crippen molar-refractivity contribution < 1.29 is 9.85 Å². The predicted molar refractivity (Wildman–Crippen MR) is 64.1 cm³/mol. The van der Waals surface area contributed by atoms with Crippen molar-refractivity contribution in [1.82, 2.24) is 4.90 Å². The lowest BCUT2D eigenvalue weighted by Gasteiger charge is -2.12. The van der Waals surface area contributed by atoms with Gasteiger partial charge in [0, 0.05) is 23.6 Å². The van der Waals surface area contributed by atoms with E-state index >= 15 is 0 Å². The average Bonchev–Trinajstić information content (AvgIpc) is 2.71. The Morgan fingerprint density at radius 3 is 2.28 bits per heavy atom. The van der Waals surface area contributed by atoms with E-state index < -0.39 is 11.0 Å². The van der Waals surface area contributed by atoms with Gasteiger partial charge in [-0.15, -0.1) is 0 Å². The second kappa shape index (κ2) is 4.69. The highest BCUT2D eigenvalue weighted by atomic mass is 16.6. The first-order valence-electron chi connectivity index (χ1n) is 5.55. The van der Waals surface area contributed by atoms with E-state index in [-0.39, 0.29) is 16.5 Å². The molecule has 1 aliphatic heterocycles. The fourth-order valence-electron chi connectivity index (χ4n) is 2.36. The SMILES string of the molecule is CN1C[C@H](c2ccc([N+](=O)[O-])cc2)[C@@H]([N+](=O)[O-])C1. The largest absolute Gasteiger partial charge is 0.299 e. The number of nitrogens with zero attached hydrogens (tertiary/aromatic N) is 3. The molecule has 0 bridgehead atoms. The number of nitro groups is 2. The summed E-state index contributed by atoms with van der Waals surface area (Å²) in [5, 5.41) is 21.5. The molecule has 1 heterocycles. The molecule has 0 aromatic heterocycles. The van der Waals surface area contributed by atoms with Gasteiger partial charge < -0.3 is 0 Å². The topological polar surface area (TPSA) is 89.5 Å². The molecule has 1 aliphatic rings. The number of hydrogen-bond acceptors (Lipinski definition) is 5. The minimum Gasteiger partial charge on any atom is -0.299 e. The zero-order valence-electron chi connectivity index (χ0n) is 9.85. The molecule has 1 aromatic carbocycles. The summed E-state index contributed by atoms with van der Waals surface area (Å²) in [6, 6.07) is 5.36. The molecule has 7 nitrogen and oxygen atoms in total. The van der Waals surface area contributed by atoms with E-state index in [1.54, 1.807) is 12.1 Å². The highest BCUT2D eigenvalue weighted by Gasteiger charge is 2.40. The molecule has 96 valence electrons. The molecule has 0 aliphatic carbocycles. The number of likely N-dealkylation sites (tertiary alicyclic amines) is 1. The Kier molecular flexibility index (Phi) is 3.24. The number of benzene rings is 1. The number of likely N-dealkylation sites (N-methyl/N-ethyl adjacent to an activating group) is 1. The van der Waals surface area contributed by atoms with Crippen LogP contribution < -0.4 is 0 Å². The molecule has 2 atom stereocenters. The highest BCUT2D eigenvalue weighted by molar-refractivity contribution is 5.35. The third-order valence-electron chi connectivity index (χ3n) is 3.27. The van der Waals surface area contributed by atoms with E-state index in [0.29, 0.717) is 13.1 Å². The summed E-state index contributed by atoms with van der Waals surface area (Å²) in [7, 11) is 1.84. The van der Waals surface area contributed by atoms with E-state index in [1.165, 1.54) is 12.1 Å². The van der Waals surface area contributed by atoms with Crippen LogP contribution in [0.5, 0.6) is 0 Å². The Labute approximate surface area is 103 Å². The lowest BCUT2D eigenvalue weighted by Crippen LogP contribution is -2.27. The van der Waals surface area contributed by atoms with Gasteiger partial charge in [0.25, 0.3) is 5.69 Å². The van der Waals surface area contributed by atoms with E-state index in [4.69, 9.17) is 0 Å². The lowest BCUT2D eigenvalue weighted by molar-refractivity contribution is -0.521. The van der Waals surface area contributed by atoms with Crippen LogP contribution in [0.3, 0.4) is 0 Å². The van der Waals surface area contributed by atoms with Crippen molar-refractivity contribution in [2.45, 2.75) is 12.0 Å². The van der Waals surface area contributed by atoms with Crippen molar-refractivity contribution in [1.29, 1.82) is 0 Å². The standard InChI is InChI=1S/C11H13N3O4/c1-12-6-10(11(7-12)14(17)18)8-2-4-9(5-3-8)13(15)16/h2-5,10-11H,6-7H2,1H3/t10-,11+/m1/s1. The van der Waals surface area contributed by atoms with Gasteiger partial charge in [0.1, 0.15) is 0 Å². The Bertz CT molecular complexity index is 474. The van der Waals surface area contributed by atoms with Crippen molar-refractivity contribution in [2.24, 2.45) is 0 Å². The van der Waals surface area contributed by atoms with Crippen LogP contribution in [0.4, 0.5) is 5.69 Å². The second-order valence-corrected chi connectivity index (χ2v) is 4.53. The van der Waals surface area contributed by atoms with Crippen molar-refractivity contribution in [3.63, 3.8) is 0 Å². The van der Waals surface area contributed by atoms with Crippen LogP contribution in [0, 0.1) is 20.2 Å². The predicted octanol–water partition coefficient (Wildman–Crippen LogP) is 1.27. The van der Waals surface area contributed by atoms with Gasteiger partial charge in [-0.2, -0.15) is 0 Å². The molecule has 1 fully saturated rings. The monoisotopic (exact) mass is 251 g/mol. The lowest BCUT2D eigenvalue weighted by atomic mass is 9.94. The van der Waals surface area contributed by atoms with E-state index in [1.807, 2.05) is 11.9 Å². The van der Waals surface area contributed by atoms with Crippen molar-refractivity contribution in [3.05, 3.63) is 50.1 Å². The molecular formula is C11H13N3O4. The zero-order valence-corrected chi connectivity index (χ0v) is 9.85. The van der Waals surface area contributed by atoms with Crippen molar-refractivity contribution >= 4 is 5.69 Å². The number of rotatable bonds is 3. The van der Waals surface area contributed by atoms with Gasteiger partial charge in [-0.1, -0.05) is 12.1 Å². The summed E-state index contributed by atoms with van der Waals surface area (Å²) < 4.78 is 0. The molecule has 2 rings (SSSR count). The van der Waals surface area contributed by atoms with Gasteiger partial charge >= 0.3 is 0 Å². The summed E-state index contributed by atoms with van der Waals surface area (Å²) in [5.74, 6) is -0.203. The van der Waals surface area contributed by atoms with E-state index in [2.05, 4.69) is 0 Å². The highest BCUT2D eigenvalue weighted by Crippen LogP contribution is 2.29. The van der Waals surface area contributed by atoms with Gasteiger partial charge in [-0.3, -0.25) is 25.1 Å². The zero-order chi connectivity index (χ0) is 13.3. The summed E-state index contributed by atoms with van der Waals surface area (Å²) in [4.78, 5) is 22.7. The average molecular weight is 251 g/mol. The molecule has 18 heavy (non-hydrogen) atoms. The van der Waals surface area contributed by atoms with Crippen LogP contribution in [0.1, 0.15) is 11.5 Å². The minimum absolute atomic E-state index is 0.00255. The normalized spacial score (nSPS) is 24.1. The summed E-state index contributed by atoms with van der Waals surface area (Å²) in [5.41, 5.74) is 0.786. The molecule has 7 heteroatoms. The maximum absolute atomic E-state index is 11.0. The number of non-ortho nitro benzene ring substituents is 1. The van der Waals surface area contributed by atoms with Crippen LogP contribution in [0.25, 0.3) is 0 Å². The Morgan fingerprint density at radius 1 is 1.17 bits per heavy atom. The molecule has 0 amide bonds. The Hall–Kier alpha value is -2.02. The molecule has 0 saturated carbocycles. The second-order valence-electron chi connectivity index (χ2n) is 4.53. The number of hydrogen-bond donors (Lipinski definition) is 0. The maximum Gasteiger partial charge on any atom is 0.269 e. The smallest absolute Gasteiger partial charge is 0.269 e. The molecule has 1 aromatic rings. The van der Waals surface area contributed by atoms with Gasteiger partial charge in [0.15, 0.2) is 0 Å². The fourth-order valence-corrected chi connectivity index (χ4v) is 2.36. The molecule has 0 spiro atoms. The maximum atomic E-state index is 11.0. The first-order chi connectivity index (χ1) is 8.49. The van der Waals surface area contributed by atoms with Gasteiger partial charge in [0.2, 0.25) is 6.04 Å². The van der Waals surface area contributed by atoms with E-state index in [0.717, 1.165) is 5.56 Å². The molecule has 0 unspecified atom stereocenters. The third kappa shape index (κ3) is 2.30. The Balaban J connectivity index is 2.24. The summed E-state index contributed by atoms with van der Waals surface area (Å²) >= 11 is 0. The third-order valence-corrected chi connectivity index (χ3v) is 3.27. The summed E-state index contributed by atoms with van der Waals surface area (Å²) in [6.07, 6.45) is 0. The van der Waals surface area contributed by atoms with Crippen LogP contribution in [0.15, 0.2) is 24.3 Å². The molecular weight excluding hydrogens is 238 g/mol. The first kappa shape index (κ1) is 12.4. The van der Waals surface area contributed by atoms with Crippen LogP contribution >= 0.6 is 0 Å².